The van der Waals surface area contributed by atoms with E-state index in [9.17, 15) is 18.3 Å². The Morgan fingerprint density at radius 3 is 2.10 bits per heavy atom. The van der Waals surface area contributed by atoms with Crippen LogP contribution in [-0.2, 0) is 10.1 Å². The van der Waals surface area contributed by atoms with Crippen molar-refractivity contribution >= 4 is 26.6 Å². The molecule has 1 heterocycles. The second-order valence-electron chi connectivity index (χ2n) is 6.28. The molecular weight excluding hydrogens is 394 g/mol. The summed E-state index contributed by atoms with van der Waals surface area (Å²) >= 11 is 0. The highest BCUT2D eigenvalue weighted by molar-refractivity contribution is 7.86. The highest BCUT2D eigenvalue weighted by atomic mass is 32.2. The largest absolute Gasteiger partial charge is 0.506 e. The molecular formula is C20H19N3O5S. The standard InChI is InChI=1S/C10H10N2O.C10H9NO4S/c1-8-7-10(13)12(11-8)9-5-3-2-4-6-9;11-10-7-4-2-1-3-6(7)9(5-8(10)12)16(13,14)15/h2-7,11H,1H3;1-5,12H,11H2,(H,13,14,15). The third-order valence-electron chi connectivity index (χ3n) is 4.17. The summed E-state index contributed by atoms with van der Waals surface area (Å²) < 4.78 is 32.8. The fourth-order valence-corrected chi connectivity index (χ4v) is 3.56. The number of anilines is 1. The van der Waals surface area contributed by atoms with Crippen LogP contribution < -0.4 is 11.3 Å². The number of H-pyrrole nitrogens is 1. The summed E-state index contributed by atoms with van der Waals surface area (Å²) in [6, 6.07) is 18.4. The van der Waals surface area contributed by atoms with Crippen LogP contribution in [0.2, 0.25) is 0 Å². The summed E-state index contributed by atoms with van der Waals surface area (Å²) in [5, 5.41) is 13.1. The normalized spacial score (nSPS) is 11.1. The topological polar surface area (TPSA) is 138 Å². The Kier molecular flexibility index (Phi) is 5.44. The first kappa shape index (κ1) is 20.2. The lowest BCUT2D eigenvalue weighted by Gasteiger charge is -2.08. The van der Waals surface area contributed by atoms with Gasteiger partial charge in [-0.15, -0.1) is 0 Å². The van der Waals surface area contributed by atoms with Gasteiger partial charge in [-0.05, 0) is 19.1 Å². The Morgan fingerprint density at radius 1 is 0.966 bits per heavy atom. The summed E-state index contributed by atoms with van der Waals surface area (Å²) in [5.74, 6) is -0.369. The molecule has 0 aliphatic heterocycles. The number of para-hydroxylation sites is 1. The van der Waals surface area contributed by atoms with Crippen LogP contribution >= 0.6 is 0 Å². The van der Waals surface area contributed by atoms with E-state index in [0.29, 0.717) is 5.39 Å². The van der Waals surface area contributed by atoms with Gasteiger partial charge in [-0.25, -0.2) is 4.68 Å². The van der Waals surface area contributed by atoms with Gasteiger partial charge in [0.1, 0.15) is 10.6 Å². The van der Waals surface area contributed by atoms with Crippen LogP contribution in [0, 0.1) is 6.92 Å². The van der Waals surface area contributed by atoms with Gasteiger partial charge in [0.25, 0.3) is 15.7 Å². The lowest BCUT2D eigenvalue weighted by Crippen LogP contribution is -2.12. The smallest absolute Gasteiger partial charge is 0.295 e. The lowest BCUT2D eigenvalue weighted by molar-refractivity contribution is 0.469. The molecule has 0 radical (unpaired) electrons. The molecule has 4 rings (SSSR count). The summed E-state index contributed by atoms with van der Waals surface area (Å²) in [4.78, 5) is 11.0. The Labute approximate surface area is 166 Å². The summed E-state index contributed by atoms with van der Waals surface area (Å²) in [7, 11) is -4.38. The maximum absolute atomic E-state index is 11.4. The molecule has 4 aromatic rings. The molecule has 0 atom stereocenters. The van der Waals surface area contributed by atoms with Crippen LogP contribution in [0.3, 0.4) is 0 Å². The number of nitrogen functional groups attached to an aromatic ring is 1. The SMILES string of the molecule is Cc1cc(=O)n(-c2ccccc2)[nH]1.Nc1c(O)cc(S(=O)(=O)O)c2ccccc12. The van der Waals surface area contributed by atoms with Crippen molar-refractivity contribution in [1.82, 2.24) is 9.78 Å². The first-order valence-corrected chi connectivity index (χ1v) is 9.94. The van der Waals surface area contributed by atoms with Gasteiger partial charge < -0.3 is 10.8 Å². The zero-order valence-electron chi connectivity index (χ0n) is 15.4. The molecule has 1 aromatic heterocycles. The number of aromatic hydroxyl groups is 1. The molecule has 3 aromatic carbocycles. The van der Waals surface area contributed by atoms with Gasteiger partial charge in [-0.2, -0.15) is 8.42 Å². The maximum Gasteiger partial charge on any atom is 0.295 e. The molecule has 0 aliphatic carbocycles. The molecule has 0 amide bonds. The number of aromatic amines is 1. The number of nitrogens with one attached hydrogen (secondary N) is 1. The number of hydrogen-bond donors (Lipinski definition) is 4. The highest BCUT2D eigenvalue weighted by Crippen LogP contribution is 2.34. The summed E-state index contributed by atoms with van der Waals surface area (Å²) in [5.41, 5.74) is 7.40. The summed E-state index contributed by atoms with van der Waals surface area (Å²) in [6.07, 6.45) is 0. The van der Waals surface area contributed by atoms with Gasteiger partial charge in [-0.1, -0.05) is 42.5 Å². The summed E-state index contributed by atoms with van der Waals surface area (Å²) in [6.45, 7) is 1.86. The van der Waals surface area contributed by atoms with Crippen LogP contribution in [-0.4, -0.2) is 27.9 Å². The van der Waals surface area contributed by atoms with Crippen molar-refractivity contribution in [3.8, 4) is 11.4 Å². The average molecular weight is 413 g/mol. The van der Waals surface area contributed by atoms with Crippen molar-refractivity contribution in [1.29, 1.82) is 0 Å². The Morgan fingerprint density at radius 2 is 1.55 bits per heavy atom. The van der Waals surface area contributed by atoms with Gasteiger partial charge in [-0.3, -0.25) is 14.4 Å². The predicted molar refractivity (Wildman–Crippen MR) is 111 cm³/mol. The van der Waals surface area contributed by atoms with E-state index in [1.807, 2.05) is 37.3 Å². The molecule has 150 valence electrons. The van der Waals surface area contributed by atoms with Gasteiger partial charge in [0.05, 0.1) is 11.4 Å². The van der Waals surface area contributed by atoms with Gasteiger partial charge in [0.15, 0.2) is 0 Å². The van der Waals surface area contributed by atoms with E-state index in [4.69, 9.17) is 10.3 Å². The van der Waals surface area contributed by atoms with E-state index in [1.165, 1.54) is 10.7 Å². The van der Waals surface area contributed by atoms with Crippen LogP contribution in [0.25, 0.3) is 16.5 Å². The van der Waals surface area contributed by atoms with E-state index in [1.54, 1.807) is 24.3 Å². The first-order chi connectivity index (χ1) is 13.7. The van der Waals surface area contributed by atoms with Gasteiger partial charge in [0.2, 0.25) is 0 Å². The molecule has 0 saturated carbocycles. The van der Waals surface area contributed by atoms with Crippen LogP contribution in [0.5, 0.6) is 5.75 Å². The second-order valence-corrected chi connectivity index (χ2v) is 7.67. The monoisotopic (exact) mass is 413 g/mol. The van der Waals surface area contributed by atoms with Gasteiger partial charge in [0, 0.05) is 28.6 Å². The highest BCUT2D eigenvalue weighted by Gasteiger charge is 2.17. The minimum Gasteiger partial charge on any atom is -0.506 e. The number of benzene rings is 3. The van der Waals surface area contributed by atoms with Crippen molar-refractivity contribution in [2.75, 3.05) is 5.73 Å². The fraction of sp³-hybridized carbons (Fsp3) is 0.0500. The van der Waals surface area contributed by atoms with Crippen molar-refractivity contribution in [2.45, 2.75) is 11.8 Å². The minimum absolute atomic E-state index is 0.0244. The third kappa shape index (κ3) is 4.31. The third-order valence-corrected chi connectivity index (χ3v) is 5.06. The van der Waals surface area contributed by atoms with Crippen LogP contribution in [0.15, 0.2) is 76.4 Å². The number of nitrogens with zero attached hydrogens (tertiary/aromatic N) is 1. The van der Waals surface area contributed by atoms with E-state index in [0.717, 1.165) is 17.4 Å². The van der Waals surface area contributed by atoms with Crippen molar-refractivity contribution in [2.24, 2.45) is 0 Å². The minimum atomic E-state index is -4.38. The molecule has 0 unspecified atom stereocenters. The molecule has 0 fully saturated rings. The maximum atomic E-state index is 11.4. The number of fused-ring (bicyclic) bond motifs is 1. The Hall–Kier alpha value is -3.56. The Balaban J connectivity index is 0.000000169. The quantitative estimate of drug-likeness (QED) is 0.226. The molecule has 8 nitrogen and oxygen atoms in total. The predicted octanol–water partition coefficient (Wildman–Crippen LogP) is 2.85. The number of phenols is 1. The fourth-order valence-electron chi connectivity index (χ4n) is 2.85. The average Bonchev–Trinajstić information content (AvgIpc) is 3.03. The van der Waals surface area contributed by atoms with Gasteiger partial charge >= 0.3 is 0 Å². The molecule has 9 heteroatoms. The molecule has 0 spiro atoms. The zero-order valence-corrected chi connectivity index (χ0v) is 16.2. The molecule has 5 N–H and O–H groups in total. The van der Waals surface area contributed by atoms with E-state index < -0.39 is 10.1 Å². The Bertz CT molecular complexity index is 1330. The second kappa shape index (κ2) is 7.82. The molecule has 0 saturated heterocycles. The number of nitrogens with two attached hydrogens (primary N) is 1. The number of aromatic nitrogens is 2. The van der Waals surface area contributed by atoms with E-state index in [2.05, 4.69) is 5.10 Å². The van der Waals surface area contributed by atoms with Crippen molar-refractivity contribution in [3.05, 3.63) is 82.8 Å². The van der Waals surface area contributed by atoms with Crippen LogP contribution in [0.4, 0.5) is 5.69 Å². The van der Waals surface area contributed by atoms with E-state index in [-0.39, 0.29) is 27.3 Å². The van der Waals surface area contributed by atoms with Crippen molar-refractivity contribution in [3.63, 3.8) is 0 Å². The van der Waals surface area contributed by atoms with Crippen LogP contribution in [0.1, 0.15) is 5.69 Å². The lowest BCUT2D eigenvalue weighted by atomic mass is 10.1. The molecule has 29 heavy (non-hydrogen) atoms. The first-order valence-electron chi connectivity index (χ1n) is 8.50. The molecule has 0 bridgehead atoms. The number of phenolic OH excluding ortho intramolecular Hbond substituents is 1. The number of rotatable bonds is 2. The zero-order chi connectivity index (χ0) is 21.2. The van der Waals surface area contributed by atoms with Crippen molar-refractivity contribution < 1.29 is 18.1 Å². The van der Waals surface area contributed by atoms with E-state index >= 15 is 0 Å². The molecule has 0 aliphatic rings. The number of aryl methyl sites for hydroxylation is 1. The number of hydrogen-bond acceptors (Lipinski definition) is 5.